The van der Waals surface area contributed by atoms with Crippen molar-refractivity contribution in [3.63, 3.8) is 0 Å². The van der Waals surface area contributed by atoms with Gasteiger partial charge in [0.1, 0.15) is 11.5 Å². The van der Waals surface area contributed by atoms with E-state index in [1.165, 1.54) is 6.42 Å². The Morgan fingerprint density at radius 3 is 2.74 bits per heavy atom. The largest absolute Gasteiger partial charge is 0.507 e. The van der Waals surface area contributed by atoms with Gasteiger partial charge in [0, 0.05) is 30.8 Å². The van der Waals surface area contributed by atoms with E-state index in [9.17, 15) is 5.11 Å². The van der Waals surface area contributed by atoms with E-state index in [2.05, 4.69) is 12.2 Å². The van der Waals surface area contributed by atoms with Crippen molar-refractivity contribution >= 4 is 0 Å². The number of methoxy groups -OCH3 is 2. The molecule has 2 N–H and O–H groups in total. The minimum atomic E-state index is 0.0895. The van der Waals surface area contributed by atoms with Crippen molar-refractivity contribution in [1.29, 1.82) is 0 Å². The maximum absolute atomic E-state index is 10.0. The second-order valence-electron chi connectivity index (χ2n) is 5.12. The number of nitrogens with one attached hydrogen (secondary N) is 1. The Hall–Kier alpha value is -1.26. The zero-order valence-electron chi connectivity index (χ0n) is 11.8. The summed E-state index contributed by atoms with van der Waals surface area (Å²) in [6.45, 7) is 2.06. The third kappa shape index (κ3) is 3.19. The molecule has 4 heteroatoms. The van der Waals surface area contributed by atoms with Crippen LogP contribution < -0.4 is 10.1 Å². The molecule has 0 radical (unpaired) electrons. The van der Waals surface area contributed by atoms with Crippen molar-refractivity contribution in [1.82, 2.24) is 5.32 Å². The van der Waals surface area contributed by atoms with E-state index < -0.39 is 0 Å². The third-order valence-electron chi connectivity index (χ3n) is 3.92. The van der Waals surface area contributed by atoms with Crippen molar-refractivity contribution in [3.05, 3.63) is 23.8 Å². The van der Waals surface area contributed by atoms with Crippen LogP contribution in [0.4, 0.5) is 0 Å². The number of rotatable bonds is 5. The van der Waals surface area contributed by atoms with Gasteiger partial charge in [-0.3, -0.25) is 0 Å². The summed E-state index contributed by atoms with van der Waals surface area (Å²) in [5.41, 5.74) is 0.891. The summed E-state index contributed by atoms with van der Waals surface area (Å²) >= 11 is 0. The molecule has 0 bridgehead atoms. The van der Waals surface area contributed by atoms with Crippen LogP contribution in [0.25, 0.3) is 0 Å². The number of ether oxygens (including phenoxy) is 2. The Morgan fingerprint density at radius 2 is 2.11 bits per heavy atom. The highest BCUT2D eigenvalue weighted by Crippen LogP contribution is 2.30. The van der Waals surface area contributed by atoms with Gasteiger partial charge in [0.15, 0.2) is 0 Å². The van der Waals surface area contributed by atoms with Crippen molar-refractivity contribution < 1.29 is 14.6 Å². The topological polar surface area (TPSA) is 50.7 Å². The highest BCUT2D eigenvalue weighted by molar-refractivity contribution is 5.41. The van der Waals surface area contributed by atoms with E-state index in [1.807, 2.05) is 12.1 Å². The predicted molar refractivity (Wildman–Crippen MR) is 74.6 cm³/mol. The Bertz CT molecular complexity index is 422. The van der Waals surface area contributed by atoms with Gasteiger partial charge < -0.3 is 19.9 Å². The molecule has 0 heterocycles. The maximum atomic E-state index is 10.0. The summed E-state index contributed by atoms with van der Waals surface area (Å²) in [6.07, 6.45) is 3.70. The smallest absolute Gasteiger partial charge is 0.124 e. The number of phenols is 1. The SMILES string of the molecule is COc1ccc(C(C)NC2CCCC2OC)c(O)c1. The fourth-order valence-corrected chi connectivity index (χ4v) is 2.83. The number of hydrogen-bond acceptors (Lipinski definition) is 4. The molecule has 1 aromatic carbocycles. The molecule has 1 aliphatic carbocycles. The summed E-state index contributed by atoms with van der Waals surface area (Å²) in [5.74, 6) is 0.940. The Kier molecular flexibility index (Phi) is 4.66. The predicted octanol–water partition coefficient (Wildman–Crippen LogP) is 2.62. The van der Waals surface area contributed by atoms with Crippen LogP contribution in [0.15, 0.2) is 18.2 Å². The van der Waals surface area contributed by atoms with Crippen LogP contribution >= 0.6 is 0 Å². The highest BCUT2D eigenvalue weighted by atomic mass is 16.5. The minimum absolute atomic E-state index is 0.0895. The van der Waals surface area contributed by atoms with E-state index in [0.29, 0.717) is 11.8 Å². The van der Waals surface area contributed by atoms with Gasteiger partial charge in [-0.2, -0.15) is 0 Å². The molecule has 0 amide bonds. The van der Waals surface area contributed by atoms with Crippen molar-refractivity contribution in [2.24, 2.45) is 0 Å². The highest BCUT2D eigenvalue weighted by Gasteiger charge is 2.28. The van der Waals surface area contributed by atoms with Crippen LogP contribution in [-0.2, 0) is 4.74 Å². The van der Waals surface area contributed by atoms with Crippen LogP contribution in [0.5, 0.6) is 11.5 Å². The van der Waals surface area contributed by atoms with E-state index in [0.717, 1.165) is 18.4 Å². The summed E-state index contributed by atoms with van der Waals surface area (Å²) in [6, 6.07) is 5.88. The fraction of sp³-hybridized carbons (Fsp3) is 0.600. The zero-order chi connectivity index (χ0) is 13.8. The fourth-order valence-electron chi connectivity index (χ4n) is 2.83. The molecule has 0 aliphatic heterocycles. The Morgan fingerprint density at radius 1 is 1.32 bits per heavy atom. The normalized spacial score (nSPS) is 24.4. The van der Waals surface area contributed by atoms with E-state index in [4.69, 9.17) is 9.47 Å². The van der Waals surface area contributed by atoms with E-state index in [-0.39, 0.29) is 17.9 Å². The molecule has 106 valence electrons. The molecule has 3 atom stereocenters. The average Bonchev–Trinajstić information content (AvgIpc) is 2.85. The van der Waals surface area contributed by atoms with Crippen molar-refractivity contribution in [3.8, 4) is 11.5 Å². The lowest BCUT2D eigenvalue weighted by atomic mass is 10.0. The second-order valence-corrected chi connectivity index (χ2v) is 5.12. The third-order valence-corrected chi connectivity index (χ3v) is 3.92. The molecule has 0 spiro atoms. The summed E-state index contributed by atoms with van der Waals surface area (Å²) in [4.78, 5) is 0. The first kappa shape index (κ1) is 14.2. The number of benzene rings is 1. The van der Waals surface area contributed by atoms with E-state index in [1.54, 1.807) is 20.3 Å². The van der Waals surface area contributed by atoms with Gasteiger partial charge in [0.25, 0.3) is 0 Å². The molecular weight excluding hydrogens is 242 g/mol. The lowest BCUT2D eigenvalue weighted by Crippen LogP contribution is -2.38. The summed E-state index contributed by atoms with van der Waals surface area (Å²) in [5, 5.41) is 13.6. The molecule has 3 unspecified atom stereocenters. The lowest BCUT2D eigenvalue weighted by Gasteiger charge is -2.25. The molecule has 19 heavy (non-hydrogen) atoms. The lowest BCUT2D eigenvalue weighted by molar-refractivity contribution is 0.0818. The van der Waals surface area contributed by atoms with Gasteiger partial charge in [-0.1, -0.05) is 6.07 Å². The van der Waals surface area contributed by atoms with Gasteiger partial charge in [-0.15, -0.1) is 0 Å². The number of hydrogen-bond donors (Lipinski definition) is 2. The van der Waals surface area contributed by atoms with Crippen LogP contribution in [0, 0.1) is 0 Å². The van der Waals surface area contributed by atoms with Gasteiger partial charge in [0.2, 0.25) is 0 Å². The second kappa shape index (κ2) is 6.26. The molecule has 1 fully saturated rings. The monoisotopic (exact) mass is 265 g/mol. The average molecular weight is 265 g/mol. The molecule has 0 aromatic heterocycles. The molecule has 1 saturated carbocycles. The molecule has 1 aromatic rings. The summed E-state index contributed by atoms with van der Waals surface area (Å²) in [7, 11) is 3.36. The zero-order valence-corrected chi connectivity index (χ0v) is 11.8. The first-order valence-corrected chi connectivity index (χ1v) is 6.81. The molecule has 1 aliphatic rings. The van der Waals surface area contributed by atoms with Crippen LogP contribution in [0.1, 0.15) is 37.8 Å². The Balaban J connectivity index is 2.05. The van der Waals surface area contributed by atoms with E-state index >= 15 is 0 Å². The quantitative estimate of drug-likeness (QED) is 0.859. The molecule has 2 rings (SSSR count). The van der Waals surface area contributed by atoms with Crippen molar-refractivity contribution in [2.45, 2.75) is 44.4 Å². The number of phenolic OH excluding ortho intramolecular Hbond substituents is 1. The van der Waals surface area contributed by atoms with Crippen molar-refractivity contribution in [2.75, 3.05) is 14.2 Å². The van der Waals surface area contributed by atoms with Gasteiger partial charge in [0.05, 0.1) is 13.2 Å². The first-order valence-electron chi connectivity index (χ1n) is 6.81. The molecule has 4 nitrogen and oxygen atoms in total. The molecule has 0 saturated heterocycles. The van der Waals surface area contributed by atoms with Gasteiger partial charge in [-0.25, -0.2) is 0 Å². The first-order chi connectivity index (χ1) is 9.15. The standard InChI is InChI=1S/C15H23NO3/c1-10(16-13-5-4-6-15(13)19-3)12-8-7-11(18-2)9-14(12)17/h7-10,13,15-17H,4-6H2,1-3H3. The van der Waals surface area contributed by atoms with Crippen LogP contribution in [0.3, 0.4) is 0 Å². The minimum Gasteiger partial charge on any atom is -0.507 e. The van der Waals surface area contributed by atoms with Crippen LogP contribution in [-0.4, -0.2) is 31.5 Å². The van der Waals surface area contributed by atoms with Gasteiger partial charge in [-0.05, 0) is 32.3 Å². The van der Waals surface area contributed by atoms with Crippen LogP contribution in [0.2, 0.25) is 0 Å². The summed E-state index contributed by atoms with van der Waals surface area (Å²) < 4.78 is 10.6. The number of aromatic hydroxyl groups is 1. The molecular formula is C15H23NO3. The Labute approximate surface area is 114 Å². The maximum Gasteiger partial charge on any atom is 0.124 e. The van der Waals surface area contributed by atoms with Gasteiger partial charge >= 0.3 is 0 Å².